The highest BCUT2D eigenvalue weighted by Crippen LogP contribution is 2.39. The topological polar surface area (TPSA) is 142 Å². The lowest BCUT2D eigenvalue weighted by atomic mass is 9.98. The SMILES string of the molecule is CC(=O)O.CC(=O)O.Cc1cccc(CC2(NC(=O)[C@@H]3CC[C@H](N)CN(C4CCOCC4)C3)CC2)c1. The lowest BCUT2D eigenvalue weighted by Gasteiger charge is -2.35. The second-order valence-electron chi connectivity index (χ2n) is 10.3. The fourth-order valence-corrected chi connectivity index (χ4v) is 4.89. The van der Waals surface area contributed by atoms with Gasteiger partial charge in [-0.1, -0.05) is 29.8 Å². The van der Waals surface area contributed by atoms with Crippen LogP contribution in [0.25, 0.3) is 0 Å². The first-order chi connectivity index (χ1) is 17.0. The molecular formula is C27H43N3O6. The molecule has 9 nitrogen and oxygen atoms in total. The number of hydrogen-bond donors (Lipinski definition) is 4. The number of carbonyl (C=O) groups is 3. The average molecular weight is 506 g/mol. The van der Waals surface area contributed by atoms with E-state index in [0.29, 0.717) is 6.04 Å². The zero-order chi connectivity index (χ0) is 26.7. The van der Waals surface area contributed by atoms with Crippen LogP contribution < -0.4 is 11.1 Å². The third kappa shape index (κ3) is 11.1. The molecule has 2 heterocycles. The predicted octanol–water partition coefficient (Wildman–Crippen LogP) is 2.59. The van der Waals surface area contributed by atoms with Crippen molar-refractivity contribution in [2.24, 2.45) is 11.7 Å². The summed E-state index contributed by atoms with van der Waals surface area (Å²) in [5.41, 5.74) is 8.93. The van der Waals surface area contributed by atoms with Crippen LogP contribution in [-0.4, -0.2) is 76.9 Å². The molecule has 3 aliphatic rings. The lowest BCUT2D eigenvalue weighted by molar-refractivity contribution is -0.135. The summed E-state index contributed by atoms with van der Waals surface area (Å²) < 4.78 is 5.52. The summed E-state index contributed by atoms with van der Waals surface area (Å²) in [6.45, 7) is 7.69. The van der Waals surface area contributed by atoms with E-state index in [1.54, 1.807) is 0 Å². The largest absolute Gasteiger partial charge is 0.481 e. The molecule has 5 N–H and O–H groups in total. The van der Waals surface area contributed by atoms with Crippen LogP contribution in [0.4, 0.5) is 0 Å². The summed E-state index contributed by atoms with van der Waals surface area (Å²) in [6, 6.07) is 9.33. The molecule has 1 saturated carbocycles. The molecule has 0 unspecified atom stereocenters. The van der Waals surface area contributed by atoms with Crippen LogP contribution >= 0.6 is 0 Å². The molecule has 0 bridgehead atoms. The molecule has 2 atom stereocenters. The highest BCUT2D eigenvalue weighted by Gasteiger charge is 2.45. The number of ether oxygens (including phenoxy) is 1. The Kier molecular flexibility index (Phi) is 11.8. The van der Waals surface area contributed by atoms with E-state index in [9.17, 15) is 4.79 Å². The summed E-state index contributed by atoms with van der Waals surface area (Å²) in [5, 5.41) is 18.3. The Balaban J connectivity index is 0.000000501. The van der Waals surface area contributed by atoms with E-state index < -0.39 is 11.9 Å². The van der Waals surface area contributed by atoms with E-state index in [2.05, 4.69) is 41.4 Å². The van der Waals surface area contributed by atoms with Crippen LogP contribution in [0.2, 0.25) is 0 Å². The van der Waals surface area contributed by atoms with Crippen molar-refractivity contribution in [1.82, 2.24) is 10.2 Å². The number of likely N-dealkylation sites (tertiary alicyclic amines) is 1. The monoisotopic (exact) mass is 505 g/mol. The molecule has 9 heteroatoms. The molecule has 3 fully saturated rings. The third-order valence-electron chi connectivity index (χ3n) is 6.75. The van der Waals surface area contributed by atoms with Crippen molar-refractivity contribution in [2.45, 2.75) is 83.3 Å². The maximum atomic E-state index is 13.2. The number of benzene rings is 1. The van der Waals surface area contributed by atoms with Crippen molar-refractivity contribution in [3.05, 3.63) is 35.4 Å². The van der Waals surface area contributed by atoms with E-state index in [1.807, 2.05) is 0 Å². The number of aryl methyl sites for hydroxylation is 1. The first-order valence-corrected chi connectivity index (χ1v) is 12.8. The van der Waals surface area contributed by atoms with Crippen molar-refractivity contribution in [2.75, 3.05) is 26.3 Å². The fraction of sp³-hybridized carbons (Fsp3) is 0.667. The standard InChI is InChI=1S/C23H35N3O2.2C2H4O2/c1-17-3-2-4-18(13-17)14-23(9-10-23)25-22(27)19-5-6-20(24)16-26(15-19)21-7-11-28-12-8-21;2*1-2(3)4/h2-4,13,19-21H,5-12,14-16,24H2,1H3,(H,25,27);2*1H3,(H,3,4)/t19-,20+;;/m1../s1. The van der Waals surface area contributed by atoms with E-state index in [0.717, 1.165) is 85.1 Å². The molecule has 2 aliphatic heterocycles. The minimum absolute atomic E-state index is 0.0250. The highest BCUT2D eigenvalue weighted by molar-refractivity contribution is 5.80. The van der Waals surface area contributed by atoms with Crippen LogP contribution in [0.3, 0.4) is 0 Å². The molecule has 0 spiro atoms. The fourth-order valence-electron chi connectivity index (χ4n) is 4.89. The number of hydrogen-bond acceptors (Lipinski definition) is 6. The Morgan fingerprint density at radius 2 is 1.67 bits per heavy atom. The summed E-state index contributed by atoms with van der Waals surface area (Å²) in [6.07, 6.45) is 7.05. The minimum atomic E-state index is -0.833. The maximum absolute atomic E-state index is 13.2. The molecule has 36 heavy (non-hydrogen) atoms. The molecule has 0 aromatic heterocycles. The Hall–Kier alpha value is -2.49. The van der Waals surface area contributed by atoms with Gasteiger partial charge in [-0.05, 0) is 57.4 Å². The first kappa shape index (κ1) is 29.7. The predicted molar refractivity (Wildman–Crippen MR) is 138 cm³/mol. The summed E-state index contributed by atoms with van der Waals surface area (Å²) in [7, 11) is 0. The molecule has 1 amide bonds. The number of carboxylic acids is 2. The number of nitrogens with zero attached hydrogens (tertiary/aromatic N) is 1. The minimum Gasteiger partial charge on any atom is -0.481 e. The number of amides is 1. The van der Waals surface area contributed by atoms with Crippen molar-refractivity contribution < 1.29 is 29.3 Å². The molecule has 1 aliphatic carbocycles. The van der Waals surface area contributed by atoms with Gasteiger partial charge in [0.05, 0.1) is 5.92 Å². The summed E-state index contributed by atoms with van der Waals surface area (Å²) >= 11 is 0. The van der Waals surface area contributed by atoms with Gasteiger partial charge in [0.1, 0.15) is 0 Å². The molecule has 1 aromatic carbocycles. The van der Waals surface area contributed by atoms with Gasteiger partial charge in [-0.15, -0.1) is 0 Å². The van der Waals surface area contributed by atoms with Crippen LogP contribution in [0.1, 0.15) is 63.5 Å². The van der Waals surface area contributed by atoms with Crippen molar-refractivity contribution in [3.63, 3.8) is 0 Å². The number of rotatable bonds is 5. The van der Waals surface area contributed by atoms with Crippen molar-refractivity contribution in [1.29, 1.82) is 0 Å². The summed E-state index contributed by atoms with van der Waals surface area (Å²) in [5.74, 6) is -1.39. The molecular weight excluding hydrogens is 462 g/mol. The smallest absolute Gasteiger partial charge is 0.300 e. The van der Waals surface area contributed by atoms with Crippen molar-refractivity contribution in [3.8, 4) is 0 Å². The Bertz CT molecular complexity index is 847. The van der Waals surface area contributed by atoms with Crippen LogP contribution in [0.15, 0.2) is 24.3 Å². The average Bonchev–Trinajstić information content (AvgIpc) is 3.56. The number of nitrogens with two attached hydrogens (primary N) is 1. The summed E-state index contributed by atoms with van der Waals surface area (Å²) in [4.78, 5) is 33.7. The molecule has 4 rings (SSSR count). The third-order valence-corrected chi connectivity index (χ3v) is 6.75. The van der Waals surface area contributed by atoms with Gasteiger partial charge in [-0.25, -0.2) is 0 Å². The van der Waals surface area contributed by atoms with Crippen LogP contribution in [0, 0.1) is 12.8 Å². The Morgan fingerprint density at radius 3 is 2.22 bits per heavy atom. The van der Waals surface area contributed by atoms with Gasteiger partial charge in [0.25, 0.3) is 11.9 Å². The Labute approximate surface area is 214 Å². The maximum Gasteiger partial charge on any atom is 0.300 e. The van der Waals surface area contributed by atoms with Crippen molar-refractivity contribution >= 4 is 17.8 Å². The van der Waals surface area contributed by atoms with Crippen LogP contribution in [0.5, 0.6) is 0 Å². The number of nitrogens with one attached hydrogen (secondary N) is 1. The molecule has 2 saturated heterocycles. The van der Waals surface area contributed by atoms with Gasteiger partial charge >= 0.3 is 0 Å². The van der Waals surface area contributed by atoms with Crippen LogP contribution in [-0.2, 0) is 25.5 Å². The normalized spacial score (nSPS) is 23.6. The number of carboxylic acid groups (broad SMARTS) is 2. The van der Waals surface area contributed by atoms with Gasteiger partial charge < -0.3 is 26.0 Å². The first-order valence-electron chi connectivity index (χ1n) is 12.8. The number of carbonyl (C=O) groups excluding carboxylic acids is 1. The Morgan fingerprint density at radius 1 is 1.06 bits per heavy atom. The zero-order valence-corrected chi connectivity index (χ0v) is 21.9. The van der Waals surface area contributed by atoms with E-state index in [1.165, 1.54) is 11.1 Å². The quantitative estimate of drug-likeness (QED) is 0.478. The lowest BCUT2D eigenvalue weighted by Crippen LogP contribution is -2.48. The van der Waals surface area contributed by atoms with Gasteiger partial charge in [0.2, 0.25) is 5.91 Å². The second-order valence-corrected chi connectivity index (χ2v) is 10.3. The van der Waals surface area contributed by atoms with E-state index >= 15 is 0 Å². The molecule has 202 valence electrons. The van der Waals surface area contributed by atoms with Gasteiger partial charge in [-0.2, -0.15) is 0 Å². The number of aliphatic carboxylic acids is 2. The highest BCUT2D eigenvalue weighted by atomic mass is 16.5. The molecule has 1 aromatic rings. The zero-order valence-electron chi connectivity index (χ0n) is 21.9. The molecule has 0 radical (unpaired) electrons. The van der Waals surface area contributed by atoms with Gasteiger partial charge in [-0.3, -0.25) is 19.3 Å². The van der Waals surface area contributed by atoms with E-state index in [-0.39, 0.29) is 23.4 Å². The van der Waals surface area contributed by atoms with Gasteiger partial charge in [0, 0.05) is 57.8 Å². The van der Waals surface area contributed by atoms with Gasteiger partial charge in [0.15, 0.2) is 0 Å². The second kappa shape index (κ2) is 14.3. The van der Waals surface area contributed by atoms with E-state index in [4.69, 9.17) is 30.3 Å².